The third-order valence-electron chi connectivity index (χ3n) is 6.08. The Morgan fingerprint density at radius 3 is 2.45 bits per heavy atom. The van der Waals surface area contributed by atoms with Crippen LogP contribution in [0.3, 0.4) is 0 Å². The largest absolute Gasteiger partial charge is 0.459 e. The Kier molecular flexibility index (Phi) is 4.75. The highest BCUT2D eigenvalue weighted by molar-refractivity contribution is 5.93. The molecular formula is C25H22N6O2. The van der Waals surface area contributed by atoms with Gasteiger partial charge >= 0.3 is 0 Å². The van der Waals surface area contributed by atoms with E-state index >= 15 is 0 Å². The van der Waals surface area contributed by atoms with Gasteiger partial charge in [0.25, 0.3) is 5.91 Å². The molecule has 1 amide bonds. The van der Waals surface area contributed by atoms with Crippen LogP contribution in [-0.4, -0.2) is 56.6 Å². The monoisotopic (exact) mass is 438 g/mol. The second-order valence-electron chi connectivity index (χ2n) is 8.12. The van der Waals surface area contributed by atoms with Gasteiger partial charge in [0.15, 0.2) is 11.4 Å². The van der Waals surface area contributed by atoms with Crippen LogP contribution in [-0.2, 0) is 6.42 Å². The number of nitrogens with zero attached hydrogens (tertiary/aromatic N) is 6. The number of rotatable bonds is 4. The molecule has 1 aliphatic rings. The molecule has 8 heteroatoms. The van der Waals surface area contributed by atoms with Gasteiger partial charge in [-0.1, -0.05) is 42.5 Å². The van der Waals surface area contributed by atoms with E-state index in [1.165, 1.54) is 11.8 Å². The fourth-order valence-corrected chi connectivity index (χ4v) is 4.39. The fraction of sp³-hybridized carbons (Fsp3) is 0.200. The quantitative estimate of drug-likeness (QED) is 0.428. The third-order valence-corrected chi connectivity index (χ3v) is 6.08. The third kappa shape index (κ3) is 3.49. The number of fused-ring (bicyclic) bond motifs is 3. The highest BCUT2D eigenvalue weighted by Crippen LogP contribution is 2.26. The van der Waals surface area contributed by atoms with E-state index in [1.807, 2.05) is 47.4 Å². The van der Waals surface area contributed by atoms with Crippen molar-refractivity contribution in [2.45, 2.75) is 6.42 Å². The number of piperazine rings is 1. The van der Waals surface area contributed by atoms with Crippen molar-refractivity contribution < 1.29 is 9.21 Å². The fourth-order valence-electron chi connectivity index (χ4n) is 4.39. The zero-order valence-corrected chi connectivity index (χ0v) is 18.0. The van der Waals surface area contributed by atoms with Crippen LogP contribution in [0.4, 0.5) is 5.95 Å². The van der Waals surface area contributed by atoms with E-state index in [4.69, 9.17) is 9.40 Å². The Hall–Kier alpha value is -4.20. The highest BCUT2D eigenvalue weighted by Gasteiger charge is 2.27. The Bertz CT molecular complexity index is 1420. The topological polar surface area (TPSA) is 79.8 Å². The molecule has 1 fully saturated rings. The van der Waals surface area contributed by atoms with Gasteiger partial charge < -0.3 is 14.2 Å². The van der Waals surface area contributed by atoms with Gasteiger partial charge in [-0.2, -0.15) is 0 Å². The van der Waals surface area contributed by atoms with Crippen LogP contribution in [0, 0.1) is 0 Å². The van der Waals surface area contributed by atoms with E-state index in [9.17, 15) is 4.79 Å². The maximum atomic E-state index is 12.7. The van der Waals surface area contributed by atoms with Gasteiger partial charge in [0.2, 0.25) is 5.95 Å². The van der Waals surface area contributed by atoms with Crippen molar-refractivity contribution in [1.29, 1.82) is 0 Å². The van der Waals surface area contributed by atoms with E-state index < -0.39 is 0 Å². The normalized spacial score (nSPS) is 14.3. The van der Waals surface area contributed by atoms with Crippen LogP contribution >= 0.6 is 0 Å². The van der Waals surface area contributed by atoms with Gasteiger partial charge in [-0.15, -0.1) is 10.2 Å². The molecule has 1 saturated heterocycles. The first-order valence-corrected chi connectivity index (χ1v) is 11.0. The summed E-state index contributed by atoms with van der Waals surface area (Å²) in [6, 6.07) is 21.7. The van der Waals surface area contributed by atoms with Gasteiger partial charge in [0.05, 0.1) is 11.8 Å². The van der Waals surface area contributed by atoms with E-state index in [0.29, 0.717) is 38.4 Å². The number of carbonyl (C=O) groups is 1. The molecule has 0 radical (unpaired) electrons. The molecule has 33 heavy (non-hydrogen) atoms. The minimum absolute atomic E-state index is 0.0784. The summed E-state index contributed by atoms with van der Waals surface area (Å²) in [4.78, 5) is 21.7. The first-order chi connectivity index (χ1) is 16.3. The number of para-hydroxylation sites is 1. The zero-order valence-electron chi connectivity index (χ0n) is 18.0. The molecule has 0 unspecified atom stereocenters. The molecule has 0 aliphatic carbocycles. The van der Waals surface area contributed by atoms with Crippen molar-refractivity contribution in [3.8, 4) is 0 Å². The summed E-state index contributed by atoms with van der Waals surface area (Å²) in [5.41, 5.74) is 2.85. The summed E-state index contributed by atoms with van der Waals surface area (Å²) in [7, 11) is 0. The summed E-state index contributed by atoms with van der Waals surface area (Å²) in [5, 5.41) is 10.1. The minimum atomic E-state index is -0.0784. The van der Waals surface area contributed by atoms with Crippen molar-refractivity contribution in [2.24, 2.45) is 0 Å². The van der Waals surface area contributed by atoms with Crippen LogP contribution in [0.5, 0.6) is 0 Å². The summed E-state index contributed by atoms with van der Waals surface area (Å²) >= 11 is 0. The lowest BCUT2D eigenvalue weighted by Gasteiger charge is -2.35. The smallest absolute Gasteiger partial charge is 0.289 e. The number of aromatic nitrogens is 4. The Labute approximate surface area is 190 Å². The molecule has 0 N–H and O–H groups in total. The average Bonchev–Trinajstić information content (AvgIpc) is 3.55. The maximum absolute atomic E-state index is 12.7. The van der Waals surface area contributed by atoms with E-state index in [1.54, 1.807) is 12.1 Å². The molecule has 0 atom stereocenters. The van der Waals surface area contributed by atoms with Crippen molar-refractivity contribution in [1.82, 2.24) is 24.5 Å². The molecule has 6 rings (SSSR count). The molecule has 8 nitrogen and oxygen atoms in total. The SMILES string of the molecule is O=C(c1ccco1)N1CCN(c2nc3ccccc3c3nnc(Cc4ccccc4)n23)CC1. The lowest BCUT2D eigenvalue weighted by molar-refractivity contribution is 0.0714. The predicted octanol–water partition coefficient (Wildman–Crippen LogP) is 3.42. The molecule has 2 aromatic carbocycles. The average molecular weight is 438 g/mol. The Morgan fingerprint density at radius 2 is 1.67 bits per heavy atom. The summed E-state index contributed by atoms with van der Waals surface area (Å²) in [5.74, 6) is 1.95. The van der Waals surface area contributed by atoms with Crippen molar-refractivity contribution in [3.05, 3.63) is 90.1 Å². The Balaban J connectivity index is 1.37. The Morgan fingerprint density at radius 1 is 0.879 bits per heavy atom. The van der Waals surface area contributed by atoms with Crippen molar-refractivity contribution in [3.63, 3.8) is 0 Å². The molecule has 1 aliphatic heterocycles. The molecule has 0 spiro atoms. The number of furan rings is 1. The maximum Gasteiger partial charge on any atom is 0.289 e. The molecule has 3 aromatic heterocycles. The van der Waals surface area contributed by atoms with Gasteiger partial charge in [0.1, 0.15) is 5.82 Å². The lowest BCUT2D eigenvalue weighted by Crippen LogP contribution is -2.49. The zero-order chi connectivity index (χ0) is 22.2. The van der Waals surface area contributed by atoms with E-state index in [-0.39, 0.29) is 5.91 Å². The van der Waals surface area contributed by atoms with Gasteiger partial charge in [-0.3, -0.25) is 4.79 Å². The standard InChI is InChI=1S/C25H22N6O2/c32-24(21-11-6-16-33-21)29-12-14-30(15-13-29)25-26-20-10-5-4-9-19(20)23-28-27-22(31(23)25)17-18-7-2-1-3-8-18/h1-11,16H,12-15,17H2. The second-order valence-corrected chi connectivity index (χ2v) is 8.12. The number of anilines is 1. The van der Waals surface area contributed by atoms with Crippen molar-refractivity contribution in [2.75, 3.05) is 31.1 Å². The van der Waals surface area contributed by atoms with Crippen LogP contribution < -0.4 is 4.90 Å². The number of hydrogen-bond donors (Lipinski definition) is 0. The number of carbonyl (C=O) groups excluding carboxylic acids is 1. The van der Waals surface area contributed by atoms with Gasteiger partial charge in [0, 0.05) is 38.0 Å². The van der Waals surface area contributed by atoms with Crippen LogP contribution in [0.25, 0.3) is 16.6 Å². The van der Waals surface area contributed by atoms with E-state index in [2.05, 4.69) is 31.6 Å². The molecule has 0 saturated carbocycles. The van der Waals surface area contributed by atoms with Gasteiger partial charge in [-0.05, 0) is 29.8 Å². The van der Waals surface area contributed by atoms with Gasteiger partial charge in [-0.25, -0.2) is 9.38 Å². The highest BCUT2D eigenvalue weighted by atomic mass is 16.3. The first-order valence-electron chi connectivity index (χ1n) is 11.0. The number of benzene rings is 2. The summed E-state index contributed by atoms with van der Waals surface area (Å²) in [6.45, 7) is 2.50. The van der Waals surface area contributed by atoms with E-state index in [0.717, 1.165) is 28.3 Å². The second kappa shape index (κ2) is 8.05. The molecule has 164 valence electrons. The lowest BCUT2D eigenvalue weighted by atomic mass is 10.1. The van der Waals surface area contributed by atoms with Crippen molar-refractivity contribution >= 4 is 28.4 Å². The molecular weight excluding hydrogens is 416 g/mol. The summed E-state index contributed by atoms with van der Waals surface area (Å²) < 4.78 is 7.36. The van der Waals surface area contributed by atoms with Crippen LogP contribution in [0.15, 0.2) is 77.4 Å². The molecule has 5 aromatic rings. The molecule has 0 bridgehead atoms. The number of hydrogen-bond acceptors (Lipinski definition) is 6. The van der Waals surface area contributed by atoms with Crippen LogP contribution in [0.2, 0.25) is 0 Å². The summed E-state index contributed by atoms with van der Waals surface area (Å²) in [6.07, 6.45) is 2.19. The first kappa shape index (κ1) is 19.5. The number of amides is 1. The predicted molar refractivity (Wildman–Crippen MR) is 124 cm³/mol. The van der Waals surface area contributed by atoms with Crippen LogP contribution in [0.1, 0.15) is 21.9 Å². The minimum Gasteiger partial charge on any atom is -0.459 e. The molecule has 4 heterocycles.